The minimum Gasteiger partial charge on any atom is -0.344 e. The first-order valence-electron chi connectivity index (χ1n) is 9.29. The number of aliphatic imine (C=N–C) groups is 1. The molecule has 0 saturated carbocycles. The maximum absolute atomic E-state index is 10.8. The van der Waals surface area contributed by atoms with Gasteiger partial charge in [-0.05, 0) is 23.3 Å². The van der Waals surface area contributed by atoms with Gasteiger partial charge in [0.15, 0.2) is 6.17 Å². The molecule has 3 N–H and O–H groups in total. The number of nitrogens with one attached hydrogen (secondary N) is 1. The average Bonchev–Trinajstić information content (AvgIpc) is 3.15. The quantitative estimate of drug-likeness (QED) is 0.413. The minimum atomic E-state index is -0.427. The van der Waals surface area contributed by atoms with Crippen molar-refractivity contribution < 1.29 is 14.4 Å². The molecule has 0 bridgehead atoms. The topological polar surface area (TPSA) is 143 Å². The zero-order chi connectivity index (χ0) is 21.3. The normalized spacial score (nSPS) is 22.2. The number of nitrogens with zero attached hydrogens (tertiary/aromatic N) is 5. The lowest BCUT2D eigenvalue weighted by molar-refractivity contribution is -0.586. The van der Waals surface area contributed by atoms with Gasteiger partial charge in [0.1, 0.15) is 12.6 Å². The fraction of sp³-hybridized carbons (Fsp3) is 0.263. The van der Waals surface area contributed by atoms with Gasteiger partial charge in [0.2, 0.25) is 12.5 Å². The molecule has 4 rings (SSSR count). The summed E-state index contributed by atoms with van der Waals surface area (Å²) in [4.78, 5) is 27.4. The van der Waals surface area contributed by atoms with Gasteiger partial charge in [-0.1, -0.05) is 12.1 Å². The van der Waals surface area contributed by atoms with Crippen LogP contribution in [-0.2, 0) is 13.1 Å². The van der Waals surface area contributed by atoms with Gasteiger partial charge in [-0.15, -0.1) is 0 Å². The van der Waals surface area contributed by atoms with Crippen LogP contribution in [0.1, 0.15) is 11.1 Å². The third-order valence-electron chi connectivity index (χ3n) is 5.22. The highest BCUT2D eigenvalue weighted by molar-refractivity contribution is 5.61. The van der Waals surface area contributed by atoms with Gasteiger partial charge >= 0.3 is 0 Å². The Kier molecular flexibility index (Phi) is 5.11. The number of benzene rings is 2. The van der Waals surface area contributed by atoms with Crippen molar-refractivity contribution in [3.05, 3.63) is 79.9 Å². The summed E-state index contributed by atoms with van der Waals surface area (Å²) in [5, 5.41) is 24.8. The number of hydrogen-bond donors (Lipinski definition) is 2. The lowest BCUT2D eigenvalue weighted by Gasteiger charge is -2.33. The van der Waals surface area contributed by atoms with Crippen molar-refractivity contribution in [3.8, 4) is 0 Å². The molecule has 0 aliphatic carbocycles. The number of nitrogens with two attached hydrogens (primary N) is 1. The molecule has 2 aliphatic rings. The second kappa shape index (κ2) is 7.87. The van der Waals surface area contributed by atoms with Crippen LogP contribution in [0.25, 0.3) is 0 Å². The molecule has 0 amide bonds. The van der Waals surface area contributed by atoms with Crippen LogP contribution in [0, 0.1) is 20.2 Å². The van der Waals surface area contributed by atoms with Crippen molar-refractivity contribution in [2.45, 2.75) is 31.5 Å². The number of nitro benzene ring substituents is 2. The van der Waals surface area contributed by atoms with E-state index in [-0.39, 0.29) is 29.7 Å². The van der Waals surface area contributed by atoms with Crippen LogP contribution in [0.2, 0.25) is 0 Å². The summed E-state index contributed by atoms with van der Waals surface area (Å²) < 4.78 is 2.00. The van der Waals surface area contributed by atoms with Gasteiger partial charge < -0.3 is 4.90 Å². The SMILES string of the molecule is NC1NC=[N+](Cc2ccc([N+](=O)[O-])cc2)C2N=CN(Cc3ccc([N+](=O)[O-])cc3)C12. The van der Waals surface area contributed by atoms with E-state index in [2.05, 4.69) is 10.3 Å². The van der Waals surface area contributed by atoms with Gasteiger partial charge in [-0.3, -0.25) is 31.3 Å². The second-order valence-electron chi connectivity index (χ2n) is 7.18. The maximum Gasteiger partial charge on any atom is 0.269 e. The predicted octanol–water partition coefficient (Wildman–Crippen LogP) is 1.17. The monoisotopic (exact) mass is 410 g/mol. The Labute approximate surface area is 171 Å². The average molecular weight is 410 g/mol. The maximum atomic E-state index is 10.8. The van der Waals surface area contributed by atoms with Crippen molar-refractivity contribution in [1.29, 1.82) is 0 Å². The molecule has 11 nitrogen and oxygen atoms in total. The van der Waals surface area contributed by atoms with Crippen LogP contribution in [0.3, 0.4) is 0 Å². The van der Waals surface area contributed by atoms with E-state index >= 15 is 0 Å². The number of rotatable bonds is 6. The molecule has 0 saturated heterocycles. The Morgan fingerprint density at radius 3 is 2.13 bits per heavy atom. The van der Waals surface area contributed by atoms with Gasteiger partial charge in [-0.2, -0.15) is 0 Å². The lowest BCUT2D eigenvalue weighted by atomic mass is 10.1. The molecular formula is C19H20N7O4+. The molecule has 3 atom stereocenters. The molecule has 2 aliphatic heterocycles. The number of hydrogen-bond acceptors (Lipinski definition) is 8. The molecule has 0 radical (unpaired) electrons. The highest BCUT2D eigenvalue weighted by atomic mass is 16.6. The molecule has 2 heterocycles. The van der Waals surface area contributed by atoms with Crippen molar-refractivity contribution >= 4 is 24.1 Å². The number of fused-ring (bicyclic) bond motifs is 1. The molecule has 30 heavy (non-hydrogen) atoms. The number of nitro groups is 2. The van der Waals surface area contributed by atoms with E-state index in [1.807, 2.05) is 9.48 Å². The van der Waals surface area contributed by atoms with Crippen molar-refractivity contribution in [1.82, 2.24) is 10.2 Å². The van der Waals surface area contributed by atoms with Crippen LogP contribution in [0.15, 0.2) is 53.5 Å². The third kappa shape index (κ3) is 3.82. The highest BCUT2D eigenvalue weighted by Gasteiger charge is 2.44. The first-order valence-corrected chi connectivity index (χ1v) is 9.29. The van der Waals surface area contributed by atoms with Crippen molar-refractivity contribution in [2.24, 2.45) is 10.7 Å². The Morgan fingerprint density at radius 2 is 1.57 bits per heavy atom. The molecule has 154 valence electrons. The fourth-order valence-corrected chi connectivity index (χ4v) is 3.67. The molecule has 0 aromatic heterocycles. The Hall–Kier alpha value is -3.86. The first-order chi connectivity index (χ1) is 14.4. The zero-order valence-corrected chi connectivity index (χ0v) is 15.9. The summed E-state index contributed by atoms with van der Waals surface area (Å²) in [6.45, 7) is 1.03. The minimum absolute atomic E-state index is 0.0478. The van der Waals surface area contributed by atoms with Crippen LogP contribution >= 0.6 is 0 Å². The number of non-ortho nitro benzene ring substituents is 2. The van der Waals surface area contributed by atoms with E-state index < -0.39 is 9.85 Å². The van der Waals surface area contributed by atoms with E-state index in [1.165, 1.54) is 24.3 Å². The van der Waals surface area contributed by atoms with Crippen molar-refractivity contribution in [3.63, 3.8) is 0 Å². The summed E-state index contributed by atoms with van der Waals surface area (Å²) in [5.41, 5.74) is 8.21. The Balaban J connectivity index is 1.47. The first kappa shape index (κ1) is 19.5. The Morgan fingerprint density at radius 1 is 1.00 bits per heavy atom. The largest absolute Gasteiger partial charge is 0.344 e. The van der Waals surface area contributed by atoms with Gasteiger partial charge in [0.05, 0.1) is 16.2 Å². The van der Waals surface area contributed by atoms with E-state index in [0.29, 0.717) is 13.1 Å². The van der Waals surface area contributed by atoms with Gasteiger partial charge in [-0.25, -0.2) is 9.57 Å². The molecular weight excluding hydrogens is 390 g/mol. The summed E-state index contributed by atoms with van der Waals surface area (Å²) in [5.74, 6) is 0. The summed E-state index contributed by atoms with van der Waals surface area (Å²) in [7, 11) is 0. The molecule has 3 unspecified atom stereocenters. The lowest BCUT2D eigenvalue weighted by Crippen LogP contribution is -2.62. The van der Waals surface area contributed by atoms with Crippen LogP contribution in [-0.4, -0.2) is 50.4 Å². The molecule has 0 fully saturated rings. The molecule has 2 aromatic carbocycles. The summed E-state index contributed by atoms with van der Waals surface area (Å²) >= 11 is 0. The van der Waals surface area contributed by atoms with Gasteiger partial charge in [0.25, 0.3) is 11.4 Å². The summed E-state index contributed by atoms with van der Waals surface area (Å²) in [6.07, 6.45) is 2.98. The standard InChI is InChI=1S/C19H19N7O4/c20-18-17-19(22-12-23(17)9-13-1-5-15(6-2-13)25(27)28)24(11-21-18)10-14-3-7-16(8-4-14)26(29)30/h1-8,11-12,17-19H,9-10,20H2/p+1. The van der Waals surface area contributed by atoms with Crippen LogP contribution < -0.4 is 11.1 Å². The van der Waals surface area contributed by atoms with E-state index in [0.717, 1.165) is 11.1 Å². The van der Waals surface area contributed by atoms with Crippen molar-refractivity contribution in [2.75, 3.05) is 0 Å². The smallest absolute Gasteiger partial charge is 0.269 e. The predicted molar refractivity (Wildman–Crippen MR) is 109 cm³/mol. The third-order valence-corrected chi connectivity index (χ3v) is 5.22. The zero-order valence-electron chi connectivity index (χ0n) is 15.9. The van der Waals surface area contributed by atoms with Crippen LogP contribution in [0.5, 0.6) is 0 Å². The van der Waals surface area contributed by atoms with E-state index in [4.69, 9.17) is 5.73 Å². The van der Waals surface area contributed by atoms with Gasteiger partial charge in [0, 0.05) is 30.8 Å². The highest BCUT2D eigenvalue weighted by Crippen LogP contribution is 2.23. The summed E-state index contributed by atoms with van der Waals surface area (Å²) in [6, 6.07) is 12.7. The molecule has 0 spiro atoms. The Bertz CT molecular complexity index is 1020. The van der Waals surface area contributed by atoms with E-state index in [1.54, 1.807) is 36.9 Å². The second-order valence-corrected chi connectivity index (χ2v) is 7.18. The molecule has 2 aromatic rings. The fourth-order valence-electron chi connectivity index (χ4n) is 3.67. The molecule has 11 heteroatoms. The van der Waals surface area contributed by atoms with Crippen LogP contribution in [0.4, 0.5) is 11.4 Å². The van der Waals surface area contributed by atoms with E-state index in [9.17, 15) is 20.2 Å².